The van der Waals surface area contributed by atoms with Crippen LogP contribution in [0.3, 0.4) is 0 Å². The zero-order chi connectivity index (χ0) is 22.1. The fraction of sp³-hybridized carbons (Fsp3) is 0.409. The first-order valence-corrected chi connectivity index (χ1v) is 9.75. The highest BCUT2D eigenvalue weighted by Gasteiger charge is 2.64. The van der Waals surface area contributed by atoms with E-state index in [1.165, 1.54) is 4.90 Å². The quantitative estimate of drug-likeness (QED) is 0.520. The van der Waals surface area contributed by atoms with Crippen LogP contribution in [-0.4, -0.2) is 63.4 Å². The largest absolute Gasteiger partial charge is 0.508 e. The van der Waals surface area contributed by atoms with Crippen molar-refractivity contribution in [2.45, 2.75) is 31.4 Å². The SMILES string of the molecule is Cc1cccc2c1C[C@H]1C[C@H]3[C@H](N(C)C)C(=O)C(C(N)=O)=C(O)[C@@]3(O)C(=O)C1=C2O. The van der Waals surface area contributed by atoms with Crippen molar-refractivity contribution >= 4 is 23.2 Å². The van der Waals surface area contributed by atoms with Crippen LogP contribution in [0, 0.1) is 18.8 Å². The molecule has 1 saturated carbocycles. The topological polar surface area (TPSA) is 141 Å². The van der Waals surface area contributed by atoms with Gasteiger partial charge in [-0.25, -0.2) is 0 Å². The number of rotatable bonds is 2. The number of primary amides is 1. The minimum Gasteiger partial charge on any atom is -0.508 e. The van der Waals surface area contributed by atoms with Gasteiger partial charge in [-0.3, -0.25) is 19.3 Å². The van der Waals surface area contributed by atoms with Crippen LogP contribution >= 0.6 is 0 Å². The van der Waals surface area contributed by atoms with E-state index in [1.54, 1.807) is 26.2 Å². The fourth-order valence-corrected chi connectivity index (χ4v) is 5.34. The number of aliphatic hydroxyl groups excluding tert-OH is 2. The van der Waals surface area contributed by atoms with E-state index in [2.05, 4.69) is 0 Å². The number of hydrogen-bond donors (Lipinski definition) is 4. The first-order chi connectivity index (χ1) is 14.0. The van der Waals surface area contributed by atoms with Crippen molar-refractivity contribution in [3.05, 3.63) is 51.8 Å². The summed E-state index contributed by atoms with van der Waals surface area (Å²) >= 11 is 0. The van der Waals surface area contributed by atoms with Gasteiger partial charge in [0.2, 0.25) is 5.78 Å². The summed E-state index contributed by atoms with van der Waals surface area (Å²) in [6, 6.07) is 4.35. The number of aryl methyl sites for hydroxylation is 1. The Bertz CT molecular complexity index is 1070. The summed E-state index contributed by atoms with van der Waals surface area (Å²) in [5.74, 6) is -5.54. The molecule has 0 radical (unpaired) electrons. The lowest BCUT2D eigenvalue weighted by atomic mass is 9.57. The summed E-state index contributed by atoms with van der Waals surface area (Å²) in [6.07, 6.45) is 0.626. The van der Waals surface area contributed by atoms with E-state index >= 15 is 0 Å². The highest BCUT2D eigenvalue weighted by atomic mass is 16.3. The van der Waals surface area contributed by atoms with E-state index in [-0.39, 0.29) is 17.8 Å². The first-order valence-electron chi connectivity index (χ1n) is 9.75. The number of amides is 1. The molecule has 0 bridgehead atoms. The van der Waals surface area contributed by atoms with Crippen molar-refractivity contribution in [2.75, 3.05) is 14.1 Å². The Morgan fingerprint density at radius 2 is 1.90 bits per heavy atom. The molecule has 1 amide bonds. The molecular weight excluding hydrogens is 388 g/mol. The summed E-state index contributed by atoms with van der Waals surface area (Å²) in [7, 11) is 3.19. The van der Waals surface area contributed by atoms with Crippen LogP contribution in [0.4, 0.5) is 0 Å². The first kappa shape index (κ1) is 20.3. The highest BCUT2D eigenvalue weighted by molar-refractivity contribution is 6.24. The van der Waals surface area contributed by atoms with Crippen molar-refractivity contribution in [3.8, 4) is 0 Å². The predicted molar refractivity (Wildman–Crippen MR) is 107 cm³/mol. The number of nitrogens with two attached hydrogens (primary N) is 1. The molecule has 0 saturated heterocycles. The highest BCUT2D eigenvalue weighted by Crippen LogP contribution is 2.51. The molecule has 1 aromatic carbocycles. The summed E-state index contributed by atoms with van der Waals surface area (Å²) in [5, 5.41) is 33.1. The number of nitrogens with zero attached hydrogens (tertiary/aromatic N) is 1. The van der Waals surface area contributed by atoms with E-state index < -0.39 is 52.3 Å². The van der Waals surface area contributed by atoms with Crippen molar-refractivity contribution in [3.63, 3.8) is 0 Å². The lowest BCUT2D eigenvalue weighted by Crippen LogP contribution is -2.65. The number of likely N-dealkylation sites (N-methyl/N-ethyl adjacent to an activating group) is 1. The Morgan fingerprint density at radius 3 is 2.50 bits per heavy atom. The Balaban J connectivity index is 1.98. The molecule has 4 atom stereocenters. The molecule has 3 aliphatic rings. The Morgan fingerprint density at radius 1 is 1.23 bits per heavy atom. The zero-order valence-electron chi connectivity index (χ0n) is 17.0. The molecule has 0 aromatic heterocycles. The van der Waals surface area contributed by atoms with Crippen LogP contribution < -0.4 is 5.73 Å². The van der Waals surface area contributed by atoms with E-state index in [0.29, 0.717) is 12.0 Å². The van der Waals surface area contributed by atoms with Gasteiger partial charge in [-0.15, -0.1) is 0 Å². The second kappa shape index (κ2) is 6.52. The van der Waals surface area contributed by atoms with Gasteiger partial charge in [0.05, 0.1) is 6.04 Å². The van der Waals surface area contributed by atoms with Crippen molar-refractivity contribution in [1.29, 1.82) is 0 Å². The van der Waals surface area contributed by atoms with Gasteiger partial charge in [0.25, 0.3) is 5.91 Å². The average molecular weight is 412 g/mol. The van der Waals surface area contributed by atoms with Crippen molar-refractivity contribution in [2.24, 2.45) is 17.6 Å². The normalized spacial score (nSPS) is 30.9. The molecule has 0 unspecified atom stereocenters. The van der Waals surface area contributed by atoms with Crippen LogP contribution in [0.15, 0.2) is 35.1 Å². The summed E-state index contributed by atoms with van der Waals surface area (Å²) in [5.41, 5.74) is 4.39. The van der Waals surface area contributed by atoms with Crippen LogP contribution in [0.25, 0.3) is 5.76 Å². The molecular formula is C22H24N2O6. The van der Waals surface area contributed by atoms with E-state index in [1.807, 2.05) is 13.0 Å². The molecule has 1 fully saturated rings. The maximum absolute atomic E-state index is 13.5. The van der Waals surface area contributed by atoms with Gasteiger partial charge >= 0.3 is 0 Å². The number of aliphatic hydroxyl groups is 3. The Hall–Kier alpha value is -2.97. The smallest absolute Gasteiger partial charge is 0.255 e. The van der Waals surface area contributed by atoms with Gasteiger partial charge in [0.15, 0.2) is 11.4 Å². The number of carbonyl (C=O) groups excluding carboxylic acids is 3. The molecule has 0 spiro atoms. The average Bonchev–Trinajstić information content (AvgIpc) is 2.65. The number of Topliss-reactive ketones (excluding diaryl/α,β-unsaturated/α-hetero) is 2. The Labute approximate surface area is 173 Å². The van der Waals surface area contributed by atoms with Crippen LogP contribution in [-0.2, 0) is 20.8 Å². The molecule has 4 rings (SSSR count). The van der Waals surface area contributed by atoms with Crippen LogP contribution in [0.2, 0.25) is 0 Å². The second-order valence-electron chi connectivity index (χ2n) is 8.56. The van der Waals surface area contributed by atoms with Gasteiger partial charge in [0, 0.05) is 17.1 Å². The number of ketones is 2. The maximum atomic E-state index is 13.5. The summed E-state index contributed by atoms with van der Waals surface area (Å²) < 4.78 is 0. The minimum atomic E-state index is -2.52. The van der Waals surface area contributed by atoms with Gasteiger partial charge < -0.3 is 21.1 Å². The number of fused-ring (bicyclic) bond motifs is 3. The lowest BCUT2D eigenvalue weighted by molar-refractivity contribution is -0.153. The standard InChI is InChI=1S/C22H24N2O6/c1-9-5-4-6-11-12(9)7-10-8-13-16(24(2)3)18(26)15(21(23)29)20(28)22(13,30)19(27)14(10)17(11)25/h4-6,10,13,16,25,28,30H,7-8H2,1-3H3,(H2,23,29)/t10-,13-,16-,22-/m0/s1. The maximum Gasteiger partial charge on any atom is 0.255 e. The number of hydrogen-bond acceptors (Lipinski definition) is 7. The van der Waals surface area contributed by atoms with Crippen LogP contribution in [0.1, 0.15) is 23.1 Å². The number of carbonyl (C=O) groups is 3. The molecule has 30 heavy (non-hydrogen) atoms. The summed E-state index contributed by atoms with van der Waals surface area (Å²) in [6.45, 7) is 1.92. The molecule has 0 heterocycles. The van der Waals surface area contributed by atoms with E-state index in [9.17, 15) is 29.7 Å². The molecule has 1 aromatic rings. The number of benzene rings is 1. The molecule has 0 aliphatic heterocycles. The minimum absolute atomic E-state index is 0.00840. The summed E-state index contributed by atoms with van der Waals surface area (Å²) in [4.78, 5) is 39.9. The molecule has 158 valence electrons. The van der Waals surface area contributed by atoms with E-state index in [0.717, 1.165) is 11.1 Å². The Kier molecular flexibility index (Phi) is 4.41. The van der Waals surface area contributed by atoms with Gasteiger partial charge in [0.1, 0.15) is 17.1 Å². The van der Waals surface area contributed by atoms with E-state index in [4.69, 9.17) is 5.73 Å². The third-order valence-electron chi connectivity index (χ3n) is 6.74. The van der Waals surface area contributed by atoms with Crippen molar-refractivity contribution in [1.82, 2.24) is 4.90 Å². The predicted octanol–water partition coefficient (Wildman–Crippen LogP) is 0.567. The second-order valence-corrected chi connectivity index (χ2v) is 8.56. The molecule has 5 N–H and O–H groups in total. The van der Waals surface area contributed by atoms with Gasteiger partial charge in [-0.1, -0.05) is 18.2 Å². The van der Waals surface area contributed by atoms with Crippen LogP contribution in [0.5, 0.6) is 0 Å². The van der Waals surface area contributed by atoms with Gasteiger partial charge in [-0.05, 0) is 50.9 Å². The molecule has 8 nitrogen and oxygen atoms in total. The third kappa shape index (κ3) is 2.44. The monoisotopic (exact) mass is 412 g/mol. The fourth-order valence-electron chi connectivity index (χ4n) is 5.34. The third-order valence-corrected chi connectivity index (χ3v) is 6.74. The molecule has 8 heteroatoms. The zero-order valence-corrected chi connectivity index (χ0v) is 17.0. The lowest BCUT2D eigenvalue weighted by Gasteiger charge is -2.50. The van der Waals surface area contributed by atoms with Crippen molar-refractivity contribution < 1.29 is 29.7 Å². The molecule has 3 aliphatic carbocycles. The van der Waals surface area contributed by atoms with Gasteiger partial charge in [-0.2, -0.15) is 0 Å².